The minimum atomic E-state index is -2.22. The molecule has 0 heterocycles. The van der Waals surface area contributed by atoms with Crippen molar-refractivity contribution in [1.29, 1.82) is 0 Å². The second-order valence-electron chi connectivity index (χ2n) is 1.60. The summed E-state index contributed by atoms with van der Waals surface area (Å²) < 4.78 is 0. The van der Waals surface area contributed by atoms with E-state index in [0.29, 0.717) is 0 Å². The highest BCUT2D eigenvalue weighted by Gasteiger charge is 2.33. The van der Waals surface area contributed by atoms with Crippen LogP contribution in [-0.4, -0.2) is 17.5 Å². The first kappa shape index (κ1) is 7.86. The van der Waals surface area contributed by atoms with Gasteiger partial charge in [-0.1, -0.05) is 0 Å². The molecule has 0 unspecified atom stereocenters. The van der Waals surface area contributed by atoms with Gasteiger partial charge in [-0.3, -0.25) is 21.1 Å². The van der Waals surface area contributed by atoms with E-state index >= 15 is 0 Å². The summed E-state index contributed by atoms with van der Waals surface area (Å²) in [6, 6.07) is 0. The molecule has 0 aliphatic rings. The Labute approximate surface area is 51.2 Å². The fraction of sp³-hybridized carbons (Fsp3) is 0.333. The van der Waals surface area contributed by atoms with Crippen LogP contribution in [0.1, 0.15) is 0 Å². The first-order valence-corrected chi connectivity index (χ1v) is 2.06. The van der Waals surface area contributed by atoms with E-state index in [9.17, 15) is 9.59 Å². The maximum absolute atomic E-state index is 10.1. The second-order valence-corrected chi connectivity index (χ2v) is 1.60. The Morgan fingerprint density at radius 1 is 1.00 bits per heavy atom. The van der Waals surface area contributed by atoms with Crippen LogP contribution in [0.5, 0.6) is 0 Å². The zero-order valence-corrected chi connectivity index (χ0v) is 4.63. The summed E-state index contributed by atoms with van der Waals surface area (Å²) >= 11 is 0. The van der Waals surface area contributed by atoms with Crippen LogP contribution < -0.4 is 22.9 Å². The number of hydrogen-bond acceptors (Lipinski definition) is 4. The summed E-state index contributed by atoms with van der Waals surface area (Å²) in [5.41, 5.74) is 16.6. The zero-order chi connectivity index (χ0) is 7.65. The molecule has 6 heteroatoms. The first-order valence-electron chi connectivity index (χ1n) is 2.06. The summed E-state index contributed by atoms with van der Waals surface area (Å²) in [5.74, 6) is -2.29. The molecule has 0 aromatic carbocycles. The SMILES string of the molecule is NC(=O)C(N)(N)C(N)=O. The molecule has 0 spiro atoms. The monoisotopic (exact) mass is 132 g/mol. The van der Waals surface area contributed by atoms with Gasteiger partial charge in [-0.15, -0.1) is 0 Å². The van der Waals surface area contributed by atoms with Gasteiger partial charge in [-0.05, 0) is 0 Å². The molecule has 2 amide bonds. The molecule has 0 aliphatic heterocycles. The van der Waals surface area contributed by atoms with Crippen LogP contribution in [0.2, 0.25) is 0 Å². The van der Waals surface area contributed by atoms with Crippen molar-refractivity contribution >= 4 is 11.8 Å². The second kappa shape index (κ2) is 2.00. The van der Waals surface area contributed by atoms with Crippen molar-refractivity contribution < 1.29 is 9.59 Å². The van der Waals surface area contributed by atoms with E-state index in [1.165, 1.54) is 0 Å². The lowest BCUT2D eigenvalue weighted by molar-refractivity contribution is -0.133. The van der Waals surface area contributed by atoms with Crippen LogP contribution in [0, 0.1) is 0 Å². The molecule has 0 atom stereocenters. The summed E-state index contributed by atoms with van der Waals surface area (Å²) in [6.45, 7) is 0. The maximum Gasteiger partial charge on any atom is 0.262 e. The average Bonchev–Trinajstić information content (AvgIpc) is 1.65. The van der Waals surface area contributed by atoms with Gasteiger partial charge in [0.1, 0.15) is 0 Å². The molecule has 0 saturated heterocycles. The Kier molecular flexibility index (Phi) is 1.74. The van der Waals surface area contributed by atoms with Gasteiger partial charge in [0, 0.05) is 0 Å². The van der Waals surface area contributed by atoms with Crippen molar-refractivity contribution in [2.24, 2.45) is 22.9 Å². The predicted molar refractivity (Wildman–Crippen MR) is 29.5 cm³/mol. The van der Waals surface area contributed by atoms with Gasteiger partial charge in [0.2, 0.25) is 5.66 Å². The van der Waals surface area contributed by atoms with Crippen LogP contribution in [0.4, 0.5) is 0 Å². The highest BCUT2D eigenvalue weighted by Crippen LogP contribution is 1.83. The van der Waals surface area contributed by atoms with E-state index in [-0.39, 0.29) is 0 Å². The minimum absolute atomic E-state index is 1.14. The standard InChI is InChI=1S/C3H8N4O2/c4-1(8)3(6,7)2(5)9/h6-7H2,(H2,4,8)(H2,5,9). The summed E-state index contributed by atoms with van der Waals surface area (Å²) in [5, 5.41) is 0. The third kappa shape index (κ3) is 1.37. The largest absolute Gasteiger partial charge is 0.366 e. The minimum Gasteiger partial charge on any atom is -0.366 e. The molecule has 9 heavy (non-hydrogen) atoms. The van der Waals surface area contributed by atoms with E-state index in [1.807, 2.05) is 0 Å². The quantitative estimate of drug-likeness (QED) is 0.229. The van der Waals surface area contributed by atoms with Crippen molar-refractivity contribution in [2.45, 2.75) is 5.66 Å². The molecule has 0 radical (unpaired) electrons. The highest BCUT2D eigenvalue weighted by molar-refractivity contribution is 6.07. The molecule has 6 nitrogen and oxygen atoms in total. The fourth-order valence-electron chi connectivity index (χ4n) is 0.121. The Morgan fingerprint density at radius 2 is 1.22 bits per heavy atom. The first-order chi connectivity index (χ1) is 3.89. The van der Waals surface area contributed by atoms with Crippen molar-refractivity contribution in [3.8, 4) is 0 Å². The lowest BCUT2D eigenvalue weighted by Gasteiger charge is -2.14. The number of amides is 2. The number of carbonyl (C=O) groups is 2. The Morgan fingerprint density at radius 3 is 1.22 bits per heavy atom. The highest BCUT2D eigenvalue weighted by atomic mass is 16.2. The number of hydrogen-bond donors (Lipinski definition) is 4. The van der Waals surface area contributed by atoms with Gasteiger partial charge < -0.3 is 11.5 Å². The summed E-state index contributed by atoms with van der Waals surface area (Å²) in [7, 11) is 0. The van der Waals surface area contributed by atoms with E-state index in [1.54, 1.807) is 0 Å². The third-order valence-corrected chi connectivity index (χ3v) is 0.815. The molecule has 0 rings (SSSR count). The number of primary amides is 2. The summed E-state index contributed by atoms with van der Waals surface area (Å²) in [4.78, 5) is 20.3. The molecular weight excluding hydrogens is 124 g/mol. The molecule has 0 aromatic heterocycles. The number of nitrogens with two attached hydrogens (primary N) is 4. The molecule has 8 N–H and O–H groups in total. The van der Waals surface area contributed by atoms with Crippen LogP contribution in [-0.2, 0) is 9.59 Å². The molecule has 0 aliphatic carbocycles. The lowest BCUT2D eigenvalue weighted by atomic mass is 10.2. The van der Waals surface area contributed by atoms with E-state index in [4.69, 9.17) is 11.5 Å². The Bertz CT molecular complexity index is 136. The maximum atomic E-state index is 10.1. The van der Waals surface area contributed by atoms with Gasteiger partial charge in [0.05, 0.1) is 0 Å². The van der Waals surface area contributed by atoms with Crippen molar-refractivity contribution in [3.63, 3.8) is 0 Å². The van der Waals surface area contributed by atoms with Gasteiger partial charge in [-0.25, -0.2) is 0 Å². The number of rotatable bonds is 2. The average molecular weight is 132 g/mol. The molecular formula is C3H8N4O2. The topological polar surface area (TPSA) is 138 Å². The Hall–Kier alpha value is -1.14. The molecule has 0 fully saturated rings. The van der Waals surface area contributed by atoms with Gasteiger partial charge in [-0.2, -0.15) is 0 Å². The van der Waals surface area contributed by atoms with Crippen molar-refractivity contribution in [3.05, 3.63) is 0 Å². The molecule has 0 bridgehead atoms. The predicted octanol–water partition coefficient (Wildman–Crippen LogP) is -3.43. The van der Waals surface area contributed by atoms with Crippen LogP contribution >= 0.6 is 0 Å². The van der Waals surface area contributed by atoms with Crippen molar-refractivity contribution in [2.75, 3.05) is 0 Å². The van der Waals surface area contributed by atoms with Crippen LogP contribution in [0.25, 0.3) is 0 Å². The molecule has 52 valence electrons. The van der Waals surface area contributed by atoms with Gasteiger partial charge in [0.25, 0.3) is 11.8 Å². The van der Waals surface area contributed by atoms with E-state index in [2.05, 4.69) is 11.5 Å². The van der Waals surface area contributed by atoms with Crippen molar-refractivity contribution in [1.82, 2.24) is 0 Å². The normalized spacial score (nSPS) is 10.9. The fourth-order valence-corrected chi connectivity index (χ4v) is 0.121. The zero-order valence-electron chi connectivity index (χ0n) is 4.63. The summed E-state index contributed by atoms with van der Waals surface area (Å²) in [6.07, 6.45) is 0. The lowest BCUT2D eigenvalue weighted by Crippen LogP contribution is -2.67. The number of carbonyl (C=O) groups excluding carboxylic acids is 2. The van der Waals surface area contributed by atoms with Crippen LogP contribution in [0.15, 0.2) is 0 Å². The smallest absolute Gasteiger partial charge is 0.262 e. The van der Waals surface area contributed by atoms with E-state index < -0.39 is 17.5 Å². The van der Waals surface area contributed by atoms with Gasteiger partial charge in [0.15, 0.2) is 0 Å². The van der Waals surface area contributed by atoms with E-state index in [0.717, 1.165) is 0 Å². The molecule has 0 aromatic rings. The van der Waals surface area contributed by atoms with Gasteiger partial charge >= 0.3 is 0 Å². The Balaban J connectivity index is 4.38. The molecule has 0 saturated carbocycles. The van der Waals surface area contributed by atoms with Crippen LogP contribution in [0.3, 0.4) is 0 Å². The third-order valence-electron chi connectivity index (χ3n) is 0.815.